The predicted molar refractivity (Wildman–Crippen MR) is 108 cm³/mol. The summed E-state index contributed by atoms with van der Waals surface area (Å²) in [5.74, 6) is -0.315. The van der Waals surface area contributed by atoms with E-state index >= 15 is 0 Å². The standard InChI is InChI=1S/C21H21ClN4O/c1-13-16(7-15-3-5-24-6-4-15)9-19(22)10-20(13)26-21(27)18-8-17(11-23)14(2)25-12-18/h7-10,12,24H,3-6H2,1-2H3,(H,26,27). The van der Waals surface area contributed by atoms with Gasteiger partial charge in [0.25, 0.3) is 5.91 Å². The summed E-state index contributed by atoms with van der Waals surface area (Å²) >= 11 is 6.29. The molecule has 3 rings (SSSR count). The number of hydrogen-bond donors (Lipinski definition) is 2. The number of halogens is 1. The molecule has 1 aliphatic heterocycles. The number of nitrogens with zero attached hydrogens (tertiary/aromatic N) is 2. The maximum Gasteiger partial charge on any atom is 0.257 e. The van der Waals surface area contributed by atoms with E-state index in [1.165, 1.54) is 11.8 Å². The first kappa shape index (κ1) is 19.1. The molecule has 1 aromatic carbocycles. The molecule has 2 aromatic rings. The number of rotatable bonds is 3. The number of nitrogens with one attached hydrogen (secondary N) is 2. The van der Waals surface area contributed by atoms with E-state index in [0.717, 1.165) is 37.1 Å². The number of aryl methyl sites for hydroxylation is 1. The highest BCUT2D eigenvalue weighted by molar-refractivity contribution is 6.31. The van der Waals surface area contributed by atoms with Gasteiger partial charge in [0.15, 0.2) is 0 Å². The second-order valence-electron chi connectivity index (χ2n) is 6.64. The summed E-state index contributed by atoms with van der Waals surface area (Å²) in [6, 6.07) is 7.27. The van der Waals surface area contributed by atoms with Crippen molar-refractivity contribution in [2.75, 3.05) is 18.4 Å². The summed E-state index contributed by atoms with van der Waals surface area (Å²) in [6.07, 6.45) is 5.67. The Morgan fingerprint density at radius 2 is 2.04 bits per heavy atom. The molecule has 27 heavy (non-hydrogen) atoms. The van der Waals surface area contributed by atoms with E-state index in [1.807, 2.05) is 13.0 Å². The van der Waals surface area contributed by atoms with Crippen LogP contribution in [0, 0.1) is 25.2 Å². The van der Waals surface area contributed by atoms with Crippen molar-refractivity contribution < 1.29 is 4.79 Å². The molecule has 2 heterocycles. The van der Waals surface area contributed by atoms with Crippen LogP contribution in [0.25, 0.3) is 6.08 Å². The van der Waals surface area contributed by atoms with Crippen LogP contribution in [0.1, 0.15) is 45.6 Å². The quantitative estimate of drug-likeness (QED) is 0.834. The summed E-state index contributed by atoms with van der Waals surface area (Å²) in [6.45, 7) is 5.67. The number of nitriles is 1. The highest BCUT2D eigenvalue weighted by Gasteiger charge is 2.13. The first-order valence-electron chi connectivity index (χ1n) is 8.86. The average Bonchev–Trinajstić information content (AvgIpc) is 2.66. The van der Waals surface area contributed by atoms with Gasteiger partial charge in [-0.3, -0.25) is 9.78 Å². The Morgan fingerprint density at radius 3 is 2.74 bits per heavy atom. The molecule has 2 N–H and O–H groups in total. The topological polar surface area (TPSA) is 77.8 Å². The van der Waals surface area contributed by atoms with E-state index in [-0.39, 0.29) is 5.91 Å². The van der Waals surface area contributed by atoms with Crippen LogP contribution in [0.4, 0.5) is 5.69 Å². The van der Waals surface area contributed by atoms with Crippen molar-refractivity contribution in [3.8, 4) is 6.07 Å². The zero-order chi connectivity index (χ0) is 19.4. The molecule has 0 unspecified atom stereocenters. The van der Waals surface area contributed by atoms with Gasteiger partial charge in [-0.05, 0) is 69.1 Å². The van der Waals surface area contributed by atoms with Gasteiger partial charge in [-0.2, -0.15) is 5.26 Å². The molecule has 0 bridgehead atoms. The van der Waals surface area contributed by atoms with Gasteiger partial charge in [-0.25, -0.2) is 0 Å². The van der Waals surface area contributed by atoms with Crippen LogP contribution < -0.4 is 10.6 Å². The Kier molecular flexibility index (Phi) is 5.90. The summed E-state index contributed by atoms with van der Waals surface area (Å²) < 4.78 is 0. The average molecular weight is 381 g/mol. The van der Waals surface area contributed by atoms with Gasteiger partial charge in [0.2, 0.25) is 0 Å². The number of carbonyl (C=O) groups is 1. The number of carbonyl (C=O) groups excluding carboxylic acids is 1. The fourth-order valence-electron chi connectivity index (χ4n) is 3.06. The zero-order valence-electron chi connectivity index (χ0n) is 15.4. The molecule has 1 amide bonds. The van der Waals surface area contributed by atoms with Crippen LogP contribution in [-0.4, -0.2) is 24.0 Å². The molecular formula is C21H21ClN4O. The predicted octanol–water partition coefficient (Wildman–Crippen LogP) is 4.24. The lowest BCUT2D eigenvalue weighted by Crippen LogP contribution is -2.23. The van der Waals surface area contributed by atoms with Gasteiger partial charge in [-0.1, -0.05) is 23.3 Å². The van der Waals surface area contributed by atoms with Crippen LogP contribution in [0.5, 0.6) is 0 Å². The lowest BCUT2D eigenvalue weighted by atomic mass is 9.99. The van der Waals surface area contributed by atoms with Crippen LogP contribution in [0.15, 0.2) is 30.0 Å². The number of pyridine rings is 1. The highest BCUT2D eigenvalue weighted by Crippen LogP contribution is 2.28. The second kappa shape index (κ2) is 8.34. The Morgan fingerprint density at radius 1 is 1.30 bits per heavy atom. The number of hydrogen-bond acceptors (Lipinski definition) is 4. The Hall–Kier alpha value is -2.68. The van der Waals surface area contributed by atoms with Crippen LogP contribution in [0.3, 0.4) is 0 Å². The van der Waals surface area contributed by atoms with Gasteiger partial charge in [0.1, 0.15) is 6.07 Å². The van der Waals surface area contributed by atoms with E-state index < -0.39 is 0 Å². The van der Waals surface area contributed by atoms with Crippen molar-refractivity contribution >= 4 is 29.3 Å². The first-order valence-corrected chi connectivity index (χ1v) is 9.24. The molecule has 1 fully saturated rings. The van der Waals surface area contributed by atoms with Gasteiger partial charge in [0, 0.05) is 16.9 Å². The van der Waals surface area contributed by atoms with E-state index in [1.54, 1.807) is 19.1 Å². The number of anilines is 1. The maximum absolute atomic E-state index is 12.6. The number of amides is 1. The molecule has 138 valence electrons. The summed E-state index contributed by atoms with van der Waals surface area (Å²) in [4.78, 5) is 16.8. The molecule has 6 heteroatoms. The Labute approximate surface area is 164 Å². The second-order valence-corrected chi connectivity index (χ2v) is 7.08. The van der Waals surface area contributed by atoms with Crippen molar-refractivity contribution in [3.63, 3.8) is 0 Å². The summed E-state index contributed by atoms with van der Waals surface area (Å²) in [5, 5.41) is 15.9. The van der Waals surface area contributed by atoms with E-state index in [4.69, 9.17) is 16.9 Å². The van der Waals surface area contributed by atoms with Crippen molar-refractivity contribution in [1.82, 2.24) is 10.3 Å². The largest absolute Gasteiger partial charge is 0.322 e. The molecule has 0 saturated carbocycles. The lowest BCUT2D eigenvalue weighted by molar-refractivity contribution is 0.102. The molecule has 0 aliphatic carbocycles. The van der Waals surface area contributed by atoms with Gasteiger partial charge in [-0.15, -0.1) is 0 Å². The minimum atomic E-state index is -0.315. The Balaban J connectivity index is 1.88. The van der Waals surface area contributed by atoms with Crippen molar-refractivity contribution in [3.05, 3.63) is 62.9 Å². The fourth-order valence-corrected chi connectivity index (χ4v) is 3.28. The maximum atomic E-state index is 12.6. The van der Waals surface area contributed by atoms with Crippen LogP contribution in [0.2, 0.25) is 5.02 Å². The molecule has 1 aliphatic rings. The summed E-state index contributed by atoms with van der Waals surface area (Å²) in [7, 11) is 0. The number of benzene rings is 1. The SMILES string of the molecule is Cc1ncc(C(=O)Nc2cc(Cl)cc(C=C3CCNCC3)c2C)cc1C#N. The Bertz CT molecular complexity index is 951. The monoisotopic (exact) mass is 380 g/mol. The molecule has 0 atom stereocenters. The number of aromatic nitrogens is 1. The first-order chi connectivity index (χ1) is 13.0. The van der Waals surface area contributed by atoms with E-state index in [9.17, 15) is 4.79 Å². The minimum absolute atomic E-state index is 0.315. The summed E-state index contributed by atoms with van der Waals surface area (Å²) in [5.41, 5.74) is 5.33. The molecule has 0 radical (unpaired) electrons. The van der Waals surface area contributed by atoms with Crippen molar-refractivity contribution in [2.24, 2.45) is 0 Å². The van der Waals surface area contributed by atoms with Crippen LogP contribution >= 0.6 is 11.6 Å². The number of piperidine rings is 1. The third kappa shape index (κ3) is 4.54. The zero-order valence-corrected chi connectivity index (χ0v) is 16.2. The lowest BCUT2D eigenvalue weighted by Gasteiger charge is -2.17. The third-order valence-corrected chi connectivity index (χ3v) is 4.95. The van der Waals surface area contributed by atoms with Crippen molar-refractivity contribution in [2.45, 2.75) is 26.7 Å². The molecule has 5 nitrogen and oxygen atoms in total. The molecular weight excluding hydrogens is 360 g/mol. The normalized spacial score (nSPS) is 13.8. The molecule has 1 saturated heterocycles. The molecule has 1 aromatic heterocycles. The van der Waals surface area contributed by atoms with Crippen molar-refractivity contribution in [1.29, 1.82) is 5.26 Å². The fraction of sp³-hybridized carbons (Fsp3) is 0.286. The van der Waals surface area contributed by atoms with Crippen LogP contribution in [-0.2, 0) is 0 Å². The van der Waals surface area contributed by atoms with Gasteiger partial charge in [0.05, 0.1) is 16.8 Å². The molecule has 0 spiro atoms. The van der Waals surface area contributed by atoms with E-state index in [2.05, 4.69) is 27.8 Å². The van der Waals surface area contributed by atoms with E-state index in [0.29, 0.717) is 27.5 Å². The van der Waals surface area contributed by atoms with Gasteiger partial charge >= 0.3 is 0 Å². The smallest absolute Gasteiger partial charge is 0.257 e. The highest BCUT2D eigenvalue weighted by atomic mass is 35.5. The minimum Gasteiger partial charge on any atom is -0.322 e. The third-order valence-electron chi connectivity index (χ3n) is 4.74. The van der Waals surface area contributed by atoms with Gasteiger partial charge < -0.3 is 10.6 Å².